The molecule has 0 saturated heterocycles. The number of hydrogen-bond acceptors (Lipinski definition) is 3. The molecule has 1 atom stereocenters. The Labute approximate surface area is 121 Å². The van der Waals surface area contributed by atoms with E-state index in [4.69, 9.17) is 5.73 Å². The van der Waals surface area contributed by atoms with Crippen LogP contribution < -0.4 is 11.1 Å². The Hall–Kier alpha value is -1.52. The summed E-state index contributed by atoms with van der Waals surface area (Å²) < 4.78 is 1.67. The third-order valence-electron chi connectivity index (χ3n) is 3.56. The number of amides is 1. The number of hydrogen-bond donors (Lipinski definition) is 2. The Morgan fingerprint density at radius 1 is 1.30 bits per heavy atom. The first-order valence-corrected chi connectivity index (χ1v) is 7.40. The number of carbonyl (C=O) groups is 1. The van der Waals surface area contributed by atoms with Gasteiger partial charge < -0.3 is 11.1 Å². The summed E-state index contributed by atoms with van der Waals surface area (Å²) in [6.07, 6.45) is 3.36. The molecule has 114 valence electrons. The maximum Gasteiger partial charge on any atom is 0.241 e. The van der Waals surface area contributed by atoms with Crippen molar-refractivity contribution in [1.29, 1.82) is 0 Å². The first-order valence-electron chi connectivity index (χ1n) is 7.40. The molecular weight excluding hydrogens is 252 g/mol. The fourth-order valence-electron chi connectivity index (χ4n) is 2.23. The summed E-state index contributed by atoms with van der Waals surface area (Å²) in [4.78, 5) is 12.0. The van der Waals surface area contributed by atoms with Crippen LogP contribution in [0.3, 0.4) is 0 Å². The maximum atomic E-state index is 12.0. The van der Waals surface area contributed by atoms with E-state index in [0.29, 0.717) is 5.69 Å². The van der Waals surface area contributed by atoms with Gasteiger partial charge in [-0.05, 0) is 33.1 Å². The first kappa shape index (κ1) is 16.5. The zero-order chi connectivity index (χ0) is 15.3. The van der Waals surface area contributed by atoms with Crippen molar-refractivity contribution in [1.82, 2.24) is 15.1 Å². The van der Waals surface area contributed by atoms with Gasteiger partial charge in [-0.25, -0.2) is 0 Å². The van der Waals surface area contributed by atoms with Gasteiger partial charge in [0.2, 0.25) is 5.91 Å². The Morgan fingerprint density at radius 3 is 2.45 bits per heavy atom. The topological polar surface area (TPSA) is 72.9 Å². The molecule has 20 heavy (non-hydrogen) atoms. The second-order valence-corrected chi connectivity index (χ2v) is 6.04. The highest BCUT2D eigenvalue weighted by atomic mass is 16.2. The van der Waals surface area contributed by atoms with Crippen LogP contribution in [0.15, 0.2) is 0 Å². The van der Waals surface area contributed by atoms with E-state index in [1.165, 1.54) is 6.42 Å². The molecule has 1 rings (SSSR count). The second kappa shape index (κ2) is 7.31. The summed E-state index contributed by atoms with van der Waals surface area (Å²) in [6.45, 7) is 10.5. The Kier molecular flexibility index (Phi) is 6.05. The lowest BCUT2D eigenvalue weighted by Crippen LogP contribution is -2.35. The largest absolute Gasteiger partial charge is 0.396 e. The molecule has 0 fully saturated rings. The molecule has 0 aliphatic carbocycles. The smallest absolute Gasteiger partial charge is 0.241 e. The van der Waals surface area contributed by atoms with Crippen molar-refractivity contribution >= 4 is 11.6 Å². The summed E-state index contributed by atoms with van der Waals surface area (Å²) in [6, 6.07) is 0.204. The van der Waals surface area contributed by atoms with E-state index in [2.05, 4.69) is 24.3 Å². The summed E-state index contributed by atoms with van der Waals surface area (Å²) in [5.74, 6) is 0.711. The van der Waals surface area contributed by atoms with Crippen LogP contribution in [0.25, 0.3) is 0 Å². The molecule has 0 spiro atoms. The number of nitrogens with two attached hydrogens (primary N) is 1. The molecule has 1 amide bonds. The van der Waals surface area contributed by atoms with Crippen molar-refractivity contribution in [2.24, 2.45) is 5.92 Å². The molecule has 3 N–H and O–H groups in total. The lowest BCUT2D eigenvalue weighted by Gasteiger charge is -2.15. The van der Waals surface area contributed by atoms with Crippen molar-refractivity contribution in [2.75, 3.05) is 5.73 Å². The Balaban J connectivity index is 2.41. The zero-order valence-corrected chi connectivity index (χ0v) is 13.4. The van der Waals surface area contributed by atoms with Crippen LogP contribution in [0.5, 0.6) is 0 Å². The molecule has 1 heterocycles. The number of aromatic nitrogens is 2. The SMILES string of the molecule is Cc1nn(CC(=O)NC(C)CCCC(C)C)c(C)c1N. The fraction of sp³-hybridized carbons (Fsp3) is 0.733. The Bertz CT molecular complexity index is 451. The highest BCUT2D eigenvalue weighted by Crippen LogP contribution is 2.14. The van der Waals surface area contributed by atoms with Crippen molar-refractivity contribution in [3.63, 3.8) is 0 Å². The van der Waals surface area contributed by atoms with Crippen LogP contribution in [0.1, 0.15) is 51.4 Å². The van der Waals surface area contributed by atoms with Gasteiger partial charge in [-0.1, -0.05) is 26.7 Å². The average Bonchev–Trinajstić information content (AvgIpc) is 2.56. The number of aryl methyl sites for hydroxylation is 1. The van der Waals surface area contributed by atoms with Crippen LogP contribution in [0, 0.1) is 19.8 Å². The van der Waals surface area contributed by atoms with E-state index in [1.54, 1.807) is 4.68 Å². The molecule has 0 aliphatic rings. The highest BCUT2D eigenvalue weighted by Gasteiger charge is 2.13. The predicted molar refractivity (Wildman–Crippen MR) is 82.4 cm³/mol. The number of anilines is 1. The predicted octanol–water partition coefficient (Wildman–Crippen LogP) is 2.41. The van der Waals surface area contributed by atoms with Gasteiger partial charge in [0.25, 0.3) is 0 Å². The van der Waals surface area contributed by atoms with Crippen LogP contribution in [0.2, 0.25) is 0 Å². The number of nitrogens with zero attached hydrogens (tertiary/aromatic N) is 2. The van der Waals surface area contributed by atoms with Gasteiger partial charge in [-0.15, -0.1) is 0 Å². The molecule has 0 radical (unpaired) electrons. The van der Waals surface area contributed by atoms with Gasteiger partial charge in [-0.3, -0.25) is 9.48 Å². The summed E-state index contributed by atoms with van der Waals surface area (Å²) in [7, 11) is 0. The zero-order valence-electron chi connectivity index (χ0n) is 13.4. The summed E-state index contributed by atoms with van der Waals surface area (Å²) >= 11 is 0. The molecule has 0 aliphatic heterocycles. The van der Waals surface area contributed by atoms with Gasteiger partial charge in [-0.2, -0.15) is 5.10 Å². The van der Waals surface area contributed by atoms with Crippen LogP contribution >= 0.6 is 0 Å². The molecule has 1 aromatic heterocycles. The van der Waals surface area contributed by atoms with Crippen molar-refractivity contribution in [3.05, 3.63) is 11.4 Å². The van der Waals surface area contributed by atoms with E-state index in [9.17, 15) is 4.79 Å². The lowest BCUT2D eigenvalue weighted by molar-refractivity contribution is -0.122. The third kappa shape index (κ3) is 4.87. The maximum absolute atomic E-state index is 12.0. The quantitative estimate of drug-likeness (QED) is 0.805. The number of nitrogens with one attached hydrogen (secondary N) is 1. The van der Waals surface area contributed by atoms with E-state index >= 15 is 0 Å². The van der Waals surface area contributed by atoms with Crippen LogP contribution in [-0.2, 0) is 11.3 Å². The monoisotopic (exact) mass is 280 g/mol. The minimum absolute atomic E-state index is 0.00681. The van der Waals surface area contributed by atoms with Crippen molar-refractivity contribution in [2.45, 2.75) is 66.5 Å². The number of rotatable bonds is 7. The Morgan fingerprint density at radius 2 is 1.95 bits per heavy atom. The minimum atomic E-state index is -0.00681. The molecule has 0 aromatic carbocycles. The van der Waals surface area contributed by atoms with Crippen molar-refractivity contribution < 1.29 is 4.79 Å². The van der Waals surface area contributed by atoms with Crippen LogP contribution in [0.4, 0.5) is 5.69 Å². The van der Waals surface area contributed by atoms with E-state index < -0.39 is 0 Å². The highest BCUT2D eigenvalue weighted by molar-refractivity contribution is 5.76. The number of carbonyl (C=O) groups excluding carboxylic acids is 1. The molecule has 5 nitrogen and oxygen atoms in total. The second-order valence-electron chi connectivity index (χ2n) is 6.04. The third-order valence-corrected chi connectivity index (χ3v) is 3.56. The number of nitrogen functional groups attached to an aromatic ring is 1. The van der Waals surface area contributed by atoms with Gasteiger partial charge in [0.05, 0.1) is 17.1 Å². The fourth-order valence-corrected chi connectivity index (χ4v) is 2.23. The molecule has 0 saturated carbocycles. The molecular formula is C15H28N4O. The molecule has 1 unspecified atom stereocenters. The average molecular weight is 280 g/mol. The summed E-state index contributed by atoms with van der Waals surface area (Å²) in [5, 5.41) is 7.29. The van der Waals surface area contributed by atoms with Crippen LogP contribution in [-0.4, -0.2) is 21.7 Å². The lowest BCUT2D eigenvalue weighted by atomic mass is 10.0. The van der Waals surface area contributed by atoms with Gasteiger partial charge in [0, 0.05) is 6.04 Å². The van der Waals surface area contributed by atoms with Crippen molar-refractivity contribution in [3.8, 4) is 0 Å². The van der Waals surface area contributed by atoms with Gasteiger partial charge in [0.15, 0.2) is 0 Å². The first-order chi connectivity index (χ1) is 9.31. The summed E-state index contributed by atoms with van der Waals surface area (Å²) in [5.41, 5.74) is 8.16. The molecule has 5 heteroatoms. The normalized spacial score (nSPS) is 12.7. The van der Waals surface area contributed by atoms with Gasteiger partial charge >= 0.3 is 0 Å². The standard InChI is InChI=1S/C15H28N4O/c1-10(2)7-6-8-11(3)17-14(20)9-19-13(5)15(16)12(4)18-19/h10-11H,6-9,16H2,1-5H3,(H,17,20). The minimum Gasteiger partial charge on any atom is -0.396 e. The van der Waals surface area contributed by atoms with E-state index in [-0.39, 0.29) is 18.5 Å². The van der Waals surface area contributed by atoms with E-state index in [0.717, 1.165) is 30.1 Å². The molecule has 0 bridgehead atoms. The van der Waals surface area contributed by atoms with E-state index in [1.807, 2.05) is 20.8 Å². The molecule has 1 aromatic rings. The van der Waals surface area contributed by atoms with Gasteiger partial charge in [0.1, 0.15) is 6.54 Å².